The van der Waals surface area contributed by atoms with Gasteiger partial charge in [-0.2, -0.15) is 26.3 Å². The van der Waals surface area contributed by atoms with Crippen molar-refractivity contribution in [3.63, 3.8) is 0 Å². The molecule has 0 aliphatic heterocycles. The van der Waals surface area contributed by atoms with Gasteiger partial charge in [0.15, 0.2) is 0 Å². The number of hydrogen-bond donors (Lipinski definition) is 1. The Labute approximate surface area is 135 Å². The van der Waals surface area contributed by atoms with Crippen LogP contribution in [0.25, 0.3) is 0 Å². The first-order valence-electron chi connectivity index (χ1n) is 7.39. The van der Waals surface area contributed by atoms with Gasteiger partial charge in [-0.25, -0.2) is 4.39 Å². The maximum Gasteiger partial charge on any atom is 0.431 e. The Morgan fingerprint density at radius 3 is 1.88 bits per heavy atom. The number of aliphatic hydroxyl groups is 1. The van der Waals surface area contributed by atoms with E-state index >= 15 is 0 Å². The van der Waals surface area contributed by atoms with Gasteiger partial charge in [-0.05, 0) is 30.9 Å². The van der Waals surface area contributed by atoms with Crippen LogP contribution in [0.1, 0.15) is 44.2 Å². The van der Waals surface area contributed by atoms with Crippen LogP contribution >= 0.6 is 0 Å². The van der Waals surface area contributed by atoms with Gasteiger partial charge in [-0.1, -0.05) is 37.6 Å². The van der Waals surface area contributed by atoms with E-state index in [2.05, 4.69) is 0 Å². The van der Waals surface area contributed by atoms with Gasteiger partial charge in [0.1, 0.15) is 0 Å². The fraction of sp³-hybridized carbons (Fsp3) is 0.625. The molecule has 1 atom stereocenters. The summed E-state index contributed by atoms with van der Waals surface area (Å²) >= 11 is 0. The predicted octanol–water partition coefficient (Wildman–Crippen LogP) is 5.46. The molecule has 0 amide bonds. The van der Waals surface area contributed by atoms with Crippen molar-refractivity contribution in [1.29, 1.82) is 0 Å². The summed E-state index contributed by atoms with van der Waals surface area (Å²) in [6, 6.07) is 5.65. The lowest BCUT2D eigenvalue weighted by Gasteiger charge is -2.36. The lowest BCUT2D eigenvalue weighted by atomic mass is 9.80. The maximum atomic E-state index is 14.0. The van der Waals surface area contributed by atoms with Gasteiger partial charge >= 0.3 is 18.0 Å². The summed E-state index contributed by atoms with van der Waals surface area (Å²) in [5.74, 6) is 0. The number of alkyl halides is 7. The molecule has 0 fully saturated rings. The minimum atomic E-state index is -6.19. The number of hydrogen-bond acceptors (Lipinski definition) is 1. The number of rotatable bonds is 6. The van der Waals surface area contributed by atoms with E-state index in [1.54, 1.807) is 6.07 Å². The minimum Gasteiger partial charge on any atom is -0.385 e. The van der Waals surface area contributed by atoms with E-state index in [1.807, 2.05) is 6.92 Å². The van der Waals surface area contributed by atoms with Crippen molar-refractivity contribution in [1.82, 2.24) is 0 Å². The summed E-state index contributed by atoms with van der Waals surface area (Å²) in [5.41, 5.74) is -7.86. The average Bonchev–Trinajstić information content (AvgIpc) is 2.42. The molecule has 0 aliphatic rings. The molecule has 0 saturated carbocycles. The third kappa shape index (κ3) is 4.20. The molecule has 1 N–H and O–H groups in total. The van der Waals surface area contributed by atoms with E-state index in [4.69, 9.17) is 0 Å². The molecule has 0 heterocycles. The predicted molar refractivity (Wildman–Crippen MR) is 75.2 cm³/mol. The van der Waals surface area contributed by atoms with Crippen molar-refractivity contribution in [3.8, 4) is 0 Å². The highest BCUT2D eigenvalue weighted by molar-refractivity contribution is 5.33. The van der Waals surface area contributed by atoms with Crippen LogP contribution in [0, 0.1) is 0 Å². The first-order chi connectivity index (χ1) is 10.8. The van der Waals surface area contributed by atoms with E-state index in [0.29, 0.717) is 18.4 Å². The van der Waals surface area contributed by atoms with Crippen molar-refractivity contribution in [2.45, 2.75) is 63.2 Å². The molecule has 0 bridgehead atoms. The SMILES string of the molecule is CCCCc1ccccc1C(C)(O)CC(F)(C(F)(F)F)C(F)(F)F. The number of halogens is 7. The third-order valence-corrected chi connectivity index (χ3v) is 3.88. The Morgan fingerprint density at radius 2 is 1.42 bits per heavy atom. The zero-order valence-corrected chi connectivity index (χ0v) is 13.2. The molecule has 24 heavy (non-hydrogen) atoms. The summed E-state index contributed by atoms with van der Waals surface area (Å²) < 4.78 is 90.4. The summed E-state index contributed by atoms with van der Waals surface area (Å²) in [6.45, 7) is 2.63. The van der Waals surface area contributed by atoms with Gasteiger partial charge in [0.2, 0.25) is 0 Å². The minimum absolute atomic E-state index is 0.131. The second-order valence-corrected chi connectivity index (χ2v) is 6.01. The third-order valence-electron chi connectivity index (χ3n) is 3.88. The van der Waals surface area contributed by atoms with Crippen LogP contribution in [0.3, 0.4) is 0 Å². The molecule has 0 aromatic heterocycles. The Hall–Kier alpha value is -1.31. The molecule has 1 rings (SSSR count). The highest BCUT2D eigenvalue weighted by Gasteiger charge is 2.73. The topological polar surface area (TPSA) is 20.2 Å². The monoisotopic (exact) mass is 360 g/mol. The molecular weight excluding hydrogens is 341 g/mol. The molecule has 0 radical (unpaired) electrons. The van der Waals surface area contributed by atoms with Crippen LogP contribution in [-0.2, 0) is 12.0 Å². The van der Waals surface area contributed by atoms with Crippen LogP contribution in [0.2, 0.25) is 0 Å². The normalized spacial score (nSPS) is 16.1. The molecule has 1 unspecified atom stereocenters. The van der Waals surface area contributed by atoms with Crippen LogP contribution in [0.4, 0.5) is 30.7 Å². The summed E-state index contributed by atoms with van der Waals surface area (Å²) in [7, 11) is 0. The van der Waals surface area contributed by atoms with E-state index in [-0.39, 0.29) is 5.56 Å². The summed E-state index contributed by atoms with van der Waals surface area (Å²) in [4.78, 5) is 0. The van der Waals surface area contributed by atoms with Crippen molar-refractivity contribution in [2.75, 3.05) is 0 Å². The van der Waals surface area contributed by atoms with Crippen molar-refractivity contribution in [3.05, 3.63) is 35.4 Å². The van der Waals surface area contributed by atoms with Crippen molar-refractivity contribution in [2.24, 2.45) is 0 Å². The highest BCUT2D eigenvalue weighted by Crippen LogP contribution is 2.52. The standard InChI is InChI=1S/C16H19F7O/c1-3-4-7-11-8-5-6-9-12(11)13(2,24)10-14(17,15(18,19)20)16(21,22)23/h5-6,8-9,24H,3-4,7,10H2,1-2H3. The Balaban J connectivity index is 3.30. The summed E-state index contributed by atoms with van der Waals surface area (Å²) in [5, 5.41) is 10.3. The largest absolute Gasteiger partial charge is 0.431 e. The van der Waals surface area contributed by atoms with Crippen LogP contribution in [0.15, 0.2) is 24.3 Å². The molecule has 0 aliphatic carbocycles. The average molecular weight is 360 g/mol. The van der Waals surface area contributed by atoms with E-state index in [0.717, 1.165) is 13.3 Å². The van der Waals surface area contributed by atoms with Crippen molar-refractivity contribution >= 4 is 0 Å². The zero-order valence-electron chi connectivity index (χ0n) is 13.2. The van der Waals surface area contributed by atoms with Crippen LogP contribution < -0.4 is 0 Å². The fourth-order valence-electron chi connectivity index (χ4n) is 2.56. The first-order valence-corrected chi connectivity index (χ1v) is 7.39. The van der Waals surface area contributed by atoms with Crippen LogP contribution in [0.5, 0.6) is 0 Å². The number of aryl methyl sites for hydroxylation is 1. The van der Waals surface area contributed by atoms with E-state index in [1.165, 1.54) is 18.2 Å². The maximum absolute atomic E-state index is 14.0. The summed E-state index contributed by atoms with van der Waals surface area (Å²) in [6.07, 6.45) is -12.8. The van der Waals surface area contributed by atoms with Gasteiger partial charge < -0.3 is 5.11 Å². The fourth-order valence-corrected chi connectivity index (χ4v) is 2.56. The molecular formula is C16H19F7O. The van der Waals surface area contributed by atoms with Gasteiger partial charge in [0.25, 0.3) is 0 Å². The molecule has 0 spiro atoms. The highest BCUT2D eigenvalue weighted by atomic mass is 19.4. The lowest BCUT2D eigenvalue weighted by Crippen LogP contribution is -2.56. The van der Waals surface area contributed by atoms with E-state index < -0.39 is 30.0 Å². The second-order valence-electron chi connectivity index (χ2n) is 6.01. The Bertz CT molecular complexity index is 532. The zero-order chi connectivity index (χ0) is 18.8. The first kappa shape index (κ1) is 20.7. The molecule has 1 aromatic rings. The number of unbranched alkanes of at least 4 members (excludes halogenated alkanes) is 1. The molecule has 138 valence electrons. The quantitative estimate of drug-likeness (QED) is 0.668. The molecule has 1 aromatic carbocycles. The Morgan fingerprint density at radius 1 is 0.917 bits per heavy atom. The lowest BCUT2D eigenvalue weighted by molar-refractivity contribution is -0.352. The molecule has 0 saturated heterocycles. The number of benzene rings is 1. The molecule has 1 nitrogen and oxygen atoms in total. The smallest absolute Gasteiger partial charge is 0.385 e. The van der Waals surface area contributed by atoms with Crippen molar-refractivity contribution < 1.29 is 35.8 Å². The molecule has 8 heteroatoms. The van der Waals surface area contributed by atoms with Crippen LogP contribution in [-0.4, -0.2) is 23.1 Å². The van der Waals surface area contributed by atoms with Gasteiger partial charge in [0.05, 0.1) is 5.60 Å². The van der Waals surface area contributed by atoms with Gasteiger partial charge in [-0.3, -0.25) is 0 Å². The van der Waals surface area contributed by atoms with E-state index in [9.17, 15) is 35.8 Å². The van der Waals surface area contributed by atoms with Gasteiger partial charge in [-0.15, -0.1) is 0 Å². The Kier molecular flexibility index (Phi) is 5.96. The van der Waals surface area contributed by atoms with Gasteiger partial charge in [0, 0.05) is 6.42 Å². The second kappa shape index (κ2) is 6.90.